The van der Waals surface area contributed by atoms with Gasteiger partial charge in [-0.05, 0) is 11.3 Å². The third-order valence-electron chi connectivity index (χ3n) is 3.02. The van der Waals surface area contributed by atoms with Gasteiger partial charge in [-0.2, -0.15) is 0 Å². The number of aliphatic hydroxyl groups is 1. The standard InChI is InChI=1S/C12H23NO4/c1-8(12(2,3)4)7-10(15)13-9(5-6-14)11(16)17/h8-9,14H,5-7H2,1-4H3,(H,13,15)(H,16,17)/t8?,9-/m1/s1. The Hall–Kier alpha value is -1.10. The van der Waals surface area contributed by atoms with Crippen LogP contribution in [0.5, 0.6) is 0 Å². The van der Waals surface area contributed by atoms with E-state index in [1.165, 1.54) is 0 Å². The van der Waals surface area contributed by atoms with E-state index in [1.54, 1.807) is 0 Å². The second-order valence-electron chi connectivity index (χ2n) is 5.44. The van der Waals surface area contributed by atoms with Gasteiger partial charge in [-0.25, -0.2) is 4.79 Å². The largest absolute Gasteiger partial charge is 0.480 e. The zero-order valence-corrected chi connectivity index (χ0v) is 11.0. The van der Waals surface area contributed by atoms with Gasteiger partial charge in [-0.15, -0.1) is 0 Å². The summed E-state index contributed by atoms with van der Waals surface area (Å²) in [4.78, 5) is 22.4. The summed E-state index contributed by atoms with van der Waals surface area (Å²) in [5, 5.41) is 19.9. The van der Waals surface area contributed by atoms with E-state index in [0.717, 1.165) is 0 Å². The number of carboxylic acids is 1. The molecule has 0 aliphatic heterocycles. The fourth-order valence-corrected chi connectivity index (χ4v) is 1.22. The van der Waals surface area contributed by atoms with Crippen molar-refractivity contribution in [3.63, 3.8) is 0 Å². The van der Waals surface area contributed by atoms with Gasteiger partial charge in [0.1, 0.15) is 6.04 Å². The van der Waals surface area contributed by atoms with Gasteiger partial charge in [0.25, 0.3) is 0 Å². The Morgan fingerprint density at radius 3 is 2.18 bits per heavy atom. The van der Waals surface area contributed by atoms with E-state index >= 15 is 0 Å². The van der Waals surface area contributed by atoms with Crippen molar-refractivity contribution >= 4 is 11.9 Å². The molecule has 100 valence electrons. The van der Waals surface area contributed by atoms with Crippen LogP contribution in [0.25, 0.3) is 0 Å². The van der Waals surface area contributed by atoms with E-state index in [9.17, 15) is 9.59 Å². The minimum absolute atomic E-state index is 0.00698. The number of hydrogen-bond donors (Lipinski definition) is 3. The number of aliphatic hydroxyl groups excluding tert-OH is 1. The van der Waals surface area contributed by atoms with Crippen molar-refractivity contribution in [1.82, 2.24) is 5.32 Å². The molecule has 0 fully saturated rings. The summed E-state index contributed by atoms with van der Waals surface area (Å²) in [6.07, 6.45) is 0.323. The van der Waals surface area contributed by atoms with Crippen LogP contribution in [-0.2, 0) is 9.59 Å². The van der Waals surface area contributed by atoms with Crippen LogP contribution >= 0.6 is 0 Å². The van der Waals surface area contributed by atoms with Crippen LogP contribution < -0.4 is 5.32 Å². The predicted octanol–water partition coefficient (Wildman–Crippen LogP) is 1.01. The van der Waals surface area contributed by atoms with Crippen molar-refractivity contribution in [3.05, 3.63) is 0 Å². The summed E-state index contributed by atoms with van der Waals surface area (Å²) in [5.41, 5.74) is 0.00698. The molecule has 3 N–H and O–H groups in total. The highest BCUT2D eigenvalue weighted by molar-refractivity contribution is 5.83. The lowest BCUT2D eigenvalue weighted by molar-refractivity contribution is -0.142. The van der Waals surface area contributed by atoms with Crippen LogP contribution in [0.2, 0.25) is 0 Å². The van der Waals surface area contributed by atoms with E-state index < -0.39 is 12.0 Å². The first kappa shape index (κ1) is 15.9. The van der Waals surface area contributed by atoms with Crippen LogP contribution in [0.3, 0.4) is 0 Å². The molecule has 0 aromatic carbocycles. The topological polar surface area (TPSA) is 86.6 Å². The molecular formula is C12H23NO4. The number of carbonyl (C=O) groups excluding carboxylic acids is 1. The monoisotopic (exact) mass is 245 g/mol. The average molecular weight is 245 g/mol. The minimum atomic E-state index is -1.11. The van der Waals surface area contributed by atoms with Crippen LogP contribution in [0.1, 0.15) is 40.5 Å². The fourth-order valence-electron chi connectivity index (χ4n) is 1.22. The third kappa shape index (κ3) is 6.26. The molecule has 0 saturated heterocycles. The Bertz CT molecular complexity index is 270. The number of rotatable bonds is 6. The molecule has 5 nitrogen and oxygen atoms in total. The number of carbonyl (C=O) groups is 2. The van der Waals surface area contributed by atoms with Gasteiger partial charge in [-0.1, -0.05) is 27.7 Å². The summed E-state index contributed by atoms with van der Waals surface area (Å²) < 4.78 is 0. The minimum Gasteiger partial charge on any atom is -0.480 e. The second-order valence-corrected chi connectivity index (χ2v) is 5.44. The molecule has 5 heteroatoms. The molecule has 0 radical (unpaired) electrons. The molecule has 0 saturated carbocycles. The summed E-state index contributed by atoms with van der Waals surface area (Å²) >= 11 is 0. The van der Waals surface area contributed by atoms with Crippen LogP contribution in [0.15, 0.2) is 0 Å². The summed E-state index contributed by atoms with van der Waals surface area (Å²) in [5.74, 6) is -1.24. The van der Waals surface area contributed by atoms with Gasteiger partial charge >= 0.3 is 5.97 Å². The lowest BCUT2D eigenvalue weighted by Gasteiger charge is -2.27. The van der Waals surface area contributed by atoms with Gasteiger partial charge in [0, 0.05) is 19.4 Å². The smallest absolute Gasteiger partial charge is 0.326 e. The Morgan fingerprint density at radius 1 is 1.29 bits per heavy atom. The molecule has 0 aliphatic rings. The number of amides is 1. The molecule has 0 aromatic heterocycles. The molecule has 0 spiro atoms. The number of aliphatic carboxylic acids is 1. The van der Waals surface area contributed by atoms with Gasteiger partial charge in [-0.3, -0.25) is 4.79 Å². The van der Waals surface area contributed by atoms with Crippen molar-refractivity contribution in [2.24, 2.45) is 11.3 Å². The van der Waals surface area contributed by atoms with Crippen LogP contribution in [-0.4, -0.2) is 34.7 Å². The molecule has 0 aliphatic carbocycles. The first-order valence-electron chi connectivity index (χ1n) is 5.81. The van der Waals surface area contributed by atoms with Crippen molar-refractivity contribution in [3.8, 4) is 0 Å². The first-order chi connectivity index (χ1) is 7.68. The first-order valence-corrected chi connectivity index (χ1v) is 5.81. The Morgan fingerprint density at radius 2 is 1.82 bits per heavy atom. The molecule has 0 aromatic rings. The predicted molar refractivity (Wildman–Crippen MR) is 64.5 cm³/mol. The molecule has 17 heavy (non-hydrogen) atoms. The highest BCUT2D eigenvalue weighted by atomic mass is 16.4. The molecule has 1 unspecified atom stereocenters. The van der Waals surface area contributed by atoms with Gasteiger partial charge < -0.3 is 15.5 Å². The zero-order valence-electron chi connectivity index (χ0n) is 11.0. The second kappa shape index (κ2) is 6.59. The van der Waals surface area contributed by atoms with Gasteiger partial charge in [0.05, 0.1) is 0 Å². The normalized spacial score (nSPS) is 15.1. The maximum atomic E-state index is 11.6. The third-order valence-corrected chi connectivity index (χ3v) is 3.02. The Labute approximate surface area is 102 Å². The Kier molecular flexibility index (Phi) is 6.16. The Balaban J connectivity index is 4.29. The fraction of sp³-hybridized carbons (Fsp3) is 0.833. The van der Waals surface area contributed by atoms with E-state index in [2.05, 4.69) is 5.32 Å². The number of nitrogens with one attached hydrogen (secondary N) is 1. The lowest BCUT2D eigenvalue weighted by atomic mass is 9.80. The zero-order chi connectivity index (χ0) is 13.6. The highest BCUT2D eigenvalue weighted by Crippen LogP contribution is 2.27. The molecule has 1 amide bonds. The maximum Gasteiger partial charge on any atom is 0.326 e. The van der Waals surface area contributed by atoms with Crippen molar-refractivity contribution in [1.29, 1.82) is 0 Å². The van der Waals surface area contributed by atoms with E-state index in [1.807, 2.05) is 27.7 Å². The van der Waals surface area contributed by atoms with Gasteiger partial charge in [0.2, 0.25) is 5.91 Å². The number of hydrogen-bond acceptors (Lipinski definition) is 3. The molecule has 0 heterocycles. The molecule has 2 atom stereocenters. The quantitative estimate of drug-likeness (QED) is 0.652. The summed E-state index contributed by atoms with van der Waals surface area (Å²) in [6, 6.07) is -1.00. The summed E-state index contributed by atoms with van der Waals surface area (Å²) in [7, 11) is 0. The van der Waals surface area contributed by atoms with Crippen molar-refractivity contribution in [2.45, 2.75) is 46.6 Å². The molecular weight excluding hydrogens is 222 g/mol. The summed E-state index contributed by atoms with van der Waals surface area (Å²) in [6.45, 7) is 7.81. The van der Waals surface area contributed by atoms with Crippen molar-refractivity contribution < 1.29 is 19.8 Å². The van der Waals surface area contributed by atoms with E-state index in [0.29, 0.717) is 6.42 Å². The van der Waals surface area contributed by atoms with E-state index in [-0.39, 0.29) is 30.3 Å². The van der Waals surface area contributed by atoms with Crippen molar-refractivity contribution in [2.75, 3.05) is 6.61 Å². The molecule has 0 rings (SSSR count). The van der Waals surface area contributed by atoms with E-state index in [4.69, 9.17) is 10.2 Å². The van der Waals surface area contributed by atoms with Crippen LogP contribution in [0.4, 0.5) is 0 Å². The SMILES string of the molecule is CC(CC(=O)N[C@H](CCO)C(=O)O)C(C)(C)C. The molecule has 0 bridgehead atoms. The van der Waals surface area contributed by atoms with Gasteiger partial charge in [0.15, 0.2) is 0 Å². The maximum absolute atomic E-state index is 11.6. The van der Waals surface area contributed by atoms with Crippen LogP contribution in [0, 0.1) is 11.3 Å². The highest BCUT2D eigenvalue weighted by Gasteiger charge is 2.25. The number of carboxylic acid groups (broad SMARTS) is 1. The average Bonchev–Trinajstić information content (AvgIpc) is 2.15. The lowest BCUT2D eigenvalue weighted by Crippen LogP contribution is -2.42.